The van der Waals surface area contributed by atoms with Gasteiger partial charge in [-0.25, -0.2) is 0 Å². The van der Waals surface area contributed by atoms with E-state index >= 15 is 0 Å². The molecule has 0 radical (unpaired) electrons. The van der Waals surface area contributed by atoms with Crippen LogP contribution >= 0.6 is 58.5 Å². The number of hydrogen-bond acceptors (Lipinski definition) is 3. The summed E-state index contributed by atoms with van der Waals surface area (Å²) in [5, 5.41) is 8.42. The molecule has 0 spiro atoms. The summed E-state index contributed by atoms with van der Waals surface area (Å²) in [7, 11) is 0. The molecule has 23 heavy (non-hydrogen) atoms. The number of benzene rings is 1. The van der Waals surface area contributed by atoms with Crippen molar-refractivity contribution in [3.63, 3.8) is 0 Å². The molecule has 1 aliphatic rings. The zero-order valence-corrected chi connectivity index (χ0v) is 16.0. The number of fused-ring (bicyclic) bond motifs is 1. The highest BCUT2D eigenvalue weighted by Crippen LogP contribution is 2.41. The number of carbonyl (C=O) groups excluding carboxylic acids is 1. The number of piperidine rings is 1. The molecular weight excluding hydrogens is 398 g/mol. The van der Waals surface area contributed by atoms with E-state index in [0.29, 0.717) is 37.8 Å². The highest BCUT2D eigenvalue weighted by molar-refractivity contribution is 7.21. The summed E-state index contributed by atoms with van der Waals surface area (Å²) in [6.07, 6.45) is 2.28. The number of halogens is 4. The molecule has 1 amide bonds. The van der Waals surface area contributed by atoms with Crippen LogP contribution in [0.5, 0.6) is 0 Å². The van der Waals surface area contributed by atoms with E-state index in [1.165, 1.54) is 11.3 Å². The second-order valence-electron chi connectivity index (χ2n) is 5.43. The standard InChI is InChI=1S/C15H15Cl3N2OS.ClH/c16-9-4-10(17)12-11(5-9)22-14(13(12)18)15(21)20-7-8-2-1-3-19-6-8;/h4-5,8,19H,1-3,6-7H2,(H,20,21);1H. The van der Waals surface area contributed by atoms with Crippen molar-refractivity contribution >= 4 is 74.5 Å². The number of rotatable bonds is 3. The summed E-state index contributed by atoms with van der Waals surface area (Å²) in [4.78, 5) is 12.9. The van der Waals surface area contributed by atoms with Gasteiger partial charge in [0.15, 0.2) is 0 Å². The Balaban J connectivity index is 0.00000192. The smallest absolute Gasteiger partial charge is 0.262 e. The maximum atomic E-state index is 12.4. The Morgan fingerprint density at radius 2 is 2.13 bits per heavy atom. The Morgan fingerprint density at radius 3 is 2.83 bits per heavy atom. The number of thiophene rings is 1. The van der Waals surface area contributed by atoms with Crippen molar-refractivity contribution in [1.29, 1.82) is 0 Å². The predicted molar refractivity (Wildman–Crippen MR) is 102 cm³/mol. The van der Waals surface area contributed by atoms with Crippen molar-refractivity contribution in [1.82, 2.24) is 10.6 Å². The van der Waals surface area contributed by atoms with Gasteiger partial charge in [0.25, 0.3) is 5.91 Å². The van der Waals surface area contributed by atoms with Crippen LogP contribution in [0.2, 0.25) is 15.1 Å². The van der Waals surface area contributed by atoms with Gasteiger partial charge in [-0.1, -0.05) is 34.8 Å². The first-order valence-electron chi connectivity index (χ1n) is 7.12. The van der Waals surface area contributed by atoms with E-state index in [4.69, 9.17) is 34.8 Å². The van der Waals surface area contributed by atoms with Crippen molar-refractivity contribution in [3.05, 3.63) is 32.1 Å². The van der Waals surface area contributed by atoms with Crippen LogP contribution < -0.4 is 10.6 Å². The molecule has 0 aliphatic carbocycles. The van der Waals surface area contributed by atoms with E-state index < -0.39 is 0 Å². The fourth-order valence-corrected chi connectivity index (χ4v) is 4.97. The fraction of sp³-hybridized carbons (Fsp3) is 0.400. The average Bonchev–Trinajstić information content (AvgIpc) is 2.83. The van der Waals surface area contributed by atoms with Crippen molar-refractivity contribution in [2.24, 2.45) is 5.92 Å². The molecule has 1 saturated heterocycles. The van der Waals surface area contributed by atoms with E-state index in [1.54, 1.807) is 12.1 Å². The van der Waals surface area contributed by atoms with E-state index in [-0.39, 0.29) is 18.3 Å². The third-order valence-corrected chi connectivity index (χ3v) is 5.95. The lowest BCUT2D eigenvalue weighted by atomic mass is 10.00. The fourth-order valence-electron chi connectivity index (χ4n) is 2.67. The van der Waals surface area contributed by atoms with Gasteiger partial charge in [-0.15, -0.1) is 23.7 Å². The van der Waals surface area contributed by atoms with Crippen LogP contribution in [0.25, 0.3) is 10.1 Å². The van der Waals surface area contributed by atoms with Gasteiger partial charge in [-0.2, -0.15) is 0 Å². The second-order valence-corrected chi connectivity index (χ2v) is 7.70. The summed E-state index contributed by atoms with van der Waals surface area (Å²) in [5.41, 5.74) is 0. The molecule has 2 heterocycles. The number of nitrogens with one attached hydrogen (secondary N) is 2. The number of hydrogen-bond donors (Lipinski definition) is 2. The molecule has 8 heteroatoms. The van der Waals surface area contributed by atoms with Crippen molar-refractivity contribution in [2.75, 3.05) is 19.6 Å². The van der Waals surface area contributed by atoms with Gasteiger partial charge in [-0.3, -0.25) is 4.79 Å². The number of carbonyl (C=O) groups is 1. The summed E-state index contributed by atoms with van der Waals surface area (Å²) >= 11 is 19.8. The van der Waals surface area contributed by atoms with Crippen LogP contribution in [-0.2, 0) is 0 Å². The molecule has 2 N–H and O–H groups in total. The van der Waals surface area contributed by atoms with Crippen LogP contribution in [0.15, 0.2) is 12.1 Å². The SMILES string of the molecule is Cl.O=C(NCC1CCCNC1)c1sc2cc(Cl)cc(Cl)c2c1Cl. The van der Waals surface area contributed by atoms with Crippen molar-refractivity contribution < 1.29 is 4.79 Å². The molecule has 1 fully saturated rings. The van der Waals surface area contributed by atoms with Crippen LogP contribution in [0.4, 0.5) is 0 Å². The second kappa shape index (κ2) is 8.24. The average molecular weight is 414 g/mol. The normalized spacial score (nSPS) is 17.8. The minimum atomic E-state index is -0.149. The van der Waals surface area contributed by atoms with Crippen LogP contribution in [-0.4, -0.2) is 25.5 Å². The molecule has 3 rings (SSSR count). The maximum absolute atomic E-state index is 12.4. The minimum absolute atomic E-state index is 0. The third kappa shape index (κ3) is 4.25. The topological polar surface area (TPSA) is 41.1 Å². The Bertz CT molecular complexity index is 713. The number of amides is 1. The first-order chi connectivity index (χ1) is 10.6. The quantitative estimate of drug-likeness (QED) is 0.742. The molecule has 0 bridgehead atoms. The first-order valence-corrected chi connectivity index (χ1v) is 9.07. The monoisotopic (exact) mass is 412 g/mol. The molecule has 1 aliphatic heterocycles. The van der Waals surface area contributed by atoms with Gasteiger partial charge in [0, 0.05) is 21.7 Å². The molecule has 2 aromatic rings. The highest BCUT2D eigenvalue weighted by Gasteiger charge is 2.21. The summed E-state index contributed by atoms with van der Waals surface area (Å²) in [6.45, 7) is 2.67. The Hall–Kier alpha value is -0.230. The molecule has 1 atom stereocenters. The first kappa shape index (κ1) is 19.1. The molecule has 0 saturated carbocycles. The molecule has 3 nitrogen and oxygen atoms in total. The Morgan fingerprint density at radius 1 is 1.35 bits per heavy atom. The zero-order valence-electron chi connectivity index (χ0n) is 12.1. The molecule has 126 valence electrons. The van der Waals surface area contributed by atoms with Gasteiger partial charge >= 0.3 is 0 Å². The van der Waals surface area contributed by atoms with Gasteiger partial charge in [0.05, 0.1) is 10.0 Å². The lowest BCUT2D eigenvalue weighted by Gasteiger charge is -2.22. The van der Waals surface area contributed by atoms with Crippen LogP contribution in [0, 0.1) is 5.92 Å². The van der Waals surface area contributed by atoms with Gasteiger partial charge in [0.2, 0.25) is 0 Å². The van der Waals surface area contributed by atoms with Gasteiger partial charge in [0.1, 0.15) is 4.88 Å². The minimum Gasteiger partial charge on any atom is -0.351 e. The van der Waals surface area contributed by atoms with E-state index in [9.17, 15) is 4.79 Å². The lowest BCUT2D eigenvalue weighted by molar-refractivity contribution is 0.0949. The molecule has 1 aromatic carbocycles. The van der Waals surface area contributed by atoms with Crippen LogP contribution in [0.3, 0.4) is 0 Å². The largest absolute Gasteiger partial charge is 0.351 e. The van der Waals surface area contributed by atoms with E-state index in [2.05, 4.69) is 10.6 Å². The van der Waals surface area contributed by atoms with Crippen LogP contribution in [0.1, 0.15) is 22.5 Å². The summed E-state index contributed by atoms with van der Waals surface area (Å²) < 4.78 is 0.826. The van der Waals surface area contributed by atoms with E-state index in [1.807, 2.05) is 0 Å². The maximum Gasteiger partial charge on any atom is 0.262 e. The lowest BCUT2D eigenvalue weighted by Crippen LogP contribution is -2.37. The van der Waals surface area contributed by atoms with Gasteiger partial charge < -0.3 is 10.6 Å². The Labute approximate surface area is 160 Å². The Kier molecular flexibility index (Phi) is 6.84. The molecule has 1 aromatic heterocycles. The molecule has 1 unspecified atom stereocenters. The van der Waals surface area contributed by atoms with E-state index in [0.717, 1.165) is 30.6 Å². The zero-order chi connectivity index (χ0) is 15.7. The molecular formula is C15H16Cl4N2OS. The third-order valence-electron chi connectivity index (χ3n) is 3.81. The predicted octanol–water partition coefficient (Wildman–Crippen LogP) is 5.01. The van der Waals surface area contributed by atoms with Crippen molar-refractivity contribution in [2.45, 2.75) is 12.8 Å². The summed E-state index contributed by atoms with van der Waals surface area (Å²) in [6, 6.07) is 3.42. The van der Waals surface area contributed by atoms with Gasteiger partial charge in [-0.05, 0) is 44.0 Å². The summed E-state index contributed by atoms with van der Waals surface area (Å²) in [5.74, 6) is 0.327. The highest BCUT2D eigenvalue weighted by atomic mass is 35.5. The van der Waals surface area contributed by atoms with Crippen molar-refractivity contribution in [3.8, 4) is 0 Å².